The molecule has 0 aliphatic heterocycles. The molecule has 0 unspecified atom stereocenters. The number of hydrogen-bond acceptors (Lipinski definition) is 2. The monoisotopic (exact) mass is 240 g/mol. The Labute approximate surface area is 85.3 Å². The molecule has 13 heavy (non-hydrogen) atoms. The van der Waals surface area contributed by atoms with Gasteiger partial charge in [0.05, 0.1) is 12.2 Å². The van der Waals surface area contributed by atoms with Gasteiger partial charge in [0.15, 0.2) is 0 Å². The van der Waals surface area contributed by atoms with Crippen molar-refractivity contribution in [3.8, 4) is 17.6 Å². The Bertz CT molecular complexity index is 350. The Morgan fingerprint density at radius 3 is 2.77 bits per heavy atom. The van der Waals surface area contributed by atoms with Crippen LogP contribution in [0.2, 0.25) is 0 Å². The number of phenolic OH excluding ortho intramolecular Hbond substituents is 1. The van der Waals surface area contributed by atoms with Crippen molar-refractivity contribution in [1.82, 2.24) is 0 Å². The van der Waals surface area contributed by atoms with Crippen LogP contribution < -0.4 is 0 Å². The first-order valence-corrected chi connectivity index (χ1v) is 4.61. The van der Waals surface area contributed by atoms with E-state index in [1.807, 2.05) is 6.07 Å². The fourth-order valence-electron chi connectivity index (χ4n) is 0.824. The lowest BCUT2D eigenvalue weighted by Crippen LogP contribution is -1.79. The average Bonchev–Trinajstić information content (AvgIpc) is 2.09. The quantitative estimate of drug-likeness (QED) is 0.737. The van der Waals surface area contributed by atoms with Crippen LogP contribution in [-0.2, 0) is 0 Å². The fraction of sp³-hybridized carbons (Fsp3) is 0.200. The molecule has 1 aromatic carbocycles. The van der Waals surface area contributed by atoms with Crippen LogP contribution in [-0.4, -0.2) is 16.8 Å². The van der Waals surface area contributed by atoms with E-state index in [0.29, 0.717) is 12.0 Å². The smallest absolute Gasteiger partial charge is 0.132 e. The van der Waals surface area contributed by atoms with Crippen LogP contribution in [0.1, 0.15) is 12.0 Å². The number of rotatable bonds is 1. The topological polar surface area (TPSA) is 40.5 Å². The van der Waals surface area contributed by atoms with Gasteiger partial charge < -0.3 is 10.2 Å². The molecule has 1 aromatic rings. The Balaban J connectivity index is 2.85. The van der Waals surface area contributed by atoms with Crippen LogP contribution in [0.15, 0.2) is 22.7 Å². The summed E-state index contributed by atoms with van der Waals surface area (Å²) in [7, 11) is 0. The van der Waals surface area contributed by atoms with E-state index < -0.39 is 0 Å². The summed E-state index contributed by atoms with van der Waals surface area (Å²) in [6.07, 6.45) is 0.426. The average molecular weight is 241 g/mol. The molecule has 0 aromatic heterocycles. The Hall–Kier alpha value is -0.980. The molecule has 0 amide bonds. The van der Waals surface area contributed by atoms with E-state index in [1.165, 1.54) is 0 Å². The second kappa shape index (κ2) is 4.90. The highest BCUT2D eigenvalue weighted by Gasteiger charge is 1.96. The normalized spacial score (nSPS) is 9.08. The molecule has 0 aliphatic carbocycles. The summed E-state index contributed by atoms with van der Waals surface area (Å²) in [5.41, 5.74) is 0.580. The molecule has 2 N–H and O–H groups in total. The zero-order chi connectivity index (χ0) is 9.68. The molecule has 0 fully saturated rings. The first-order chi connectivity index (χ1) is 6.24. The standard InChI is InChI=1S/C10H9BrO2/c11-9-5-4-8(10(13)7-9)3-1-2-6-12/h4-5,7,12-13H,2,6H2. The lowest BCUT2D eigenvalue weighted by Gasteiger charge is -1.96. The van der Waals surface area contributed by atoms with Crippen molar-refractivity contribution in [3.63, 3.8) is 0 Å². The lowest BCUT2D eigenvalue weighted by molar-refractivity contribution is 0.305. The van der Waals surface area contributed by atoms with Crippen LogP contribution in [0.3, 0.4) is 0 Å². The van der Waals surface area contributed by atoms with Gasteiger partial charge in [0.25, 0.3) is 0 Å². The minimum atomic E-state index is 0.0459. The van der Waals surface area contributed by atoms with Crippen molar-refractivity contribution < 1.29 is 10.2 Å². The van der Waals surface area contributed by atoms with Crippen LogP contribution in [0, 0.1) is 11.8 Å². The van der Waals surface area contributed by atoms with Crippen molar-refractivity contribution in [2.75, 3.05) is 6.61 Å². The van der Waals surface area contributed by atoms with Crippen LogP contribution >= 0.6 is 15.9 Å². The van der Waals surface area contributed by atoms with E-state index in [0.717, 1.165) is 4.47 Å². The van der Waals surface area contributed by atoms with Crippen molar-refractivity contribution in [2.24, 2.45) is 0 Å². The number of benzene rings is 1. The van der Waals surface area contributed by atoms with E-state index in [4.69, 9.17) is 5.11 Å². The molecule has 0 heterocycles. The number of aliphatic hydroxyl groups is 1. The van der Waals surface area contributed by atoms with Gasteiger partial charge in [-0.1, -0.05) is 27.8 Å². The predicted octanol–water partition coefficient (Wildman–Crippen LogP) is 1.89. The Morgan fingerprint density at radius 2 is 2.15 bits per heavy atom. The Morgan fingerprint density at radius 1 is 1.38 bits per heavy atom. The molecule has 0 spiro atoms. The molecule has 0 saturated heterocycles. The summed E-state index contributed by atoms with van der Waals surface area (Å²) in [4.78, 5) is 0. The van der Waals surface area contributed by atoms with Gasteiger partial charge in [0.2, 0.25) is 0 Å². The highest BCUT2D eigenvalue weighted by atomic mass is 79.9. The zero-order valence-electron chi connectivity index (χ0n) is 6.92. The summed E-state index contributed by atoms with van der Waals surface area (Å²) in [5, 5.41) is 17.9. The maximum absolute atomic E-state index is 9.40. The Kier molecular flexibility index (Phi) is 3.81. The molecule has 0 radical (unpaired) electrons. The number of phenols is 1. The van der Waals surface area contributed by atoms with Gasteiger partial charge in [-0.3, -0.25) is 0 Å². The van der Waals surface area contributed by atoms with Gasteiger partial charge in [-0.25, -0.2) is 0 Å². The molecule has 0 bridgehead atoms. The van der Waals surface area contributed by atoms with Gasteiger partial charge in [-0.2, -0.15) is 0 Å². The zero-order valence-corrected chi connectivity index (χ0v) is 8.50. The van der Waals surface area contributed by atoms with E-state index in [2.05, 4.69) is 27.8 Å². The van der Waals surface area contributed by atoms with Crippen LogP contribution in [0.25, 0.3) is 0 Å². The maximum atomic E-state index is 9.40. The largest absolute Gasteiger partial charge is 0.507 e. The molecular weight excluding hydrogens is 232 g/mol. The highest BCUT2D eigenvalue weighted by Crippen LogP contribution is 2.21. The van der Waals surface area contributed by atoms with Gasteiger partial charge in [0.1, 0.15) is 5.75 Å². The number of aliphatic hydroxyl groups excluding tert-OH is 1. The molecule has 68 valence electrons. The van der Waals surface area contributed by atoms with E-state index >= 15 is 0 Å². The molecule has 1 rings (SSSR count). The van der Waals surface area contributed by atoms with Crippen molar-refractivity contribution in [2.45, 2.75) is 6.42 Å². The third kappa shape index (κ3) is 3.10. The van der Waals surface area contributed by atoms with Gasteiger partial charge in [-0.05, 0) is 18.2 Å². The molecule has 0 saturated carbocycles. The summed E-state index contributed by atoms with van der Waals surface area (Å²) in [6.45, 7) is 0.0459. The highest BCUT2D eigenvalue weighted by molar-refractivity contribution is 9.10. The predicted molar refractivity (Wildman–Crippen MR) is 54.4 cm³/mol. The number of aromatic hydroxyl groups is 1. The molecule has 3 heteroatoms. The lowest BCUT2D eigenvalue weighted by atomic mass is 10.2. The fourth-order valence-corrected chi connectivity index (χ4v) is 1.17. The maximum Gasteiger partial charge on any atom is 0.132 e. The second-order valence-corrected chi connectivity index (χ2v) is 3.35. The summed E-state index contributed by atoms with van der Waals surface area (Å²) in [5.74, 6) is 5.65. The second-order valence-electron chi connectivity index (χ2n) is 2.44. The minimum Gasteiger partial charge on any atom is -0.507 e. The molecule has 0 atom stereocenters. The minimum absolute atomic E-state index is 0.0459. The van der Waals surface area contributed by atoms with Gasteiger partial charge in [0, 0.05) is 10.9 Å². The number of halogens is 1. The van der Waals surface area contributed by atoms with Crippen molar-refractivity contribution >= 4 is 15.9 Å². The first-order valence-electron chi connectivity index (χ1n) is 3.82. The summed E-state index contributed by atoms with van der Waals surface area (Å²) >= 11 is 3.23. The third-order valence-electron chi connectivity index (χ3n) is 1.42. The van der Waals surface area contributed by atoms with E-state index in [1.54, 1.807) is 12.1 Å². The summed E-state index contributed by atoms with van der Waals surface area (Å²) in [6, 6.07) is 5.12. The first kappa shape index (κ1) is 10.1. The molecular formula is C10H9BrO2. The van der Waals surface area contributed by atoms with Gasteiger partial charge in [-0.15, -0.1) is 0 Å². The van der Waals surface area contributed by atoms with Crippen LogP contribution in [0.4, 0.5) is 0 Å². The van der Waals surface area contributed by atoms with Crippen LogP contribution in [0.5, 0.6) is 5.75 Å². The number of hydrogen-bond donors (Lipinski definition) is 2. The van der Waals surface area contributed by atoms with Gasteiger partial charge >= 0.3 is 0 Å². The van der Waals surface area contributed by atoms with Crippen molar-refractivity contribution in [1.29, 1.82) is 0 Å². The SMILES string of the molecule is OCCC#Cc1ccc(Br)cc1O. The summed E-state index contributed by atoms with van der Waals surface area (Å²) < 4.78 is 0.817. The molecule has 2 nitrogen and oxygen atoms in total. The van der Waals surface area contributed by atoms with Crippen molar-refractivity contribution in [3.05, 3.63) is 28.2 Å². The van der Waals surface area contributed by atoms with E-state index in [9.17, 15) is 5.11 Å². The molecule has 0 aliphatic rings. The third-order valence-corrected chi connectivity index (χ3v) is 1.91. The van der Waals surface area contributed by atoms with E-state index in [-0.39, 0.29) is 12.4 Å².